The molecule has 0 aliphatic heterocycles. The van der Waals surface area contributed by atoms with Crippen LogP contribution >= 0.6 is 0 Å². The second kappa shape index (κ2) is 15.0. The molecule has 0 saturated carbocycles. The second-order valence-electron chi connectivity index (χ2n) is 16.8. The van der Waals surface area contributed by atoms with Gasteiger partial charge < -0.3 is 13.9 Å². The van der Waals surface area contributed by atoms with E-state index in [0.29, 0.717) is 0 Å². The summed E-state index contributed by atoms with van der Waals surface area (Å²) in [5.74, 6) is 0. The molecule has 0 atom stereocenters. The van der Waals surface area contributed by atoms with Crippen molar-refractivity contribution in [2.45, 2.75) is 0 Å². The van der Waals surface area contributed by atoms with Gasteiger partial charge in [-0.15, -0.1) is 0 Å². The third-order valence-electron chi connectivity index (χ3n) is 13.2. The van der Waals surface area contributed by atoms with Crippen molar-refractivity contribution >= 4 is 82.4 Å². The lowest BCUT2D eigenvalue weighted by Crippen LogP contribution is -2.12. The number of aromatic nitrogens is 1. The molecule has 0 bridgehead atoms. The summed E-state index contributed by atoms with van der Waals surface area (Å²) in [5, 5.41) is 9.47. The molecule has 0 N–H and O–H groups in total. The molecule has 0 saturated heterocycles. The van der Waals surface area contributed by atoms with E-state index in [2.05, 4.69) is 246 Å². The Hall–Kier alpha value is -8.66. The van der Waals surface area contributed by atoms with Crippen LogP contribution < -0.4 is 4.90 Å². The lowest BCUT2D eigenvalue weighted by atomic mass is 9.87. The van der Waals surface area contributed by atoms with Gasteiger partial charge in [-0.2, -0.15) is 0 Å². The minimum atomic E-state index is 0.848. The summed E-state index contributed by atoms with van der Waals surface area (Å²) in [6, 6.07) is 87.9. The smallest absolute Gasteiger partial charge is 0.137 e. The first-order valence-electron chi connectivity index (χ1n) is 22.2. The highest BCUT2D eigenvalue weighted by Gasteiger charge is 2.25. The number of nitrogens with zero attached hydrogens (tertiary/aromatic N) is 2. The van der Waals surface area contributed by atoms with E-state index < -0.39 is 0 Å². The first kappa shape index (κ1) is 36.9. The van der Waals surface area contributed by atoms with Gasteiger partial charge in [0.25, 0.3) is 0 Å². The maximum absolute atomic E-state index is 6.63. The molecule has 13 aromatic rings. The molecule has 3 nitrogen and oxygen atoms in total. The van der Waals surface area contributed by atoms with Crippen LogP contribution in [0, 0.1) is 0 Å². The highest BCUT2D eigenvalue weighted by Crippen LogP contribution is 2.50. The van der Waals surface area contributed by atoms with Crippen molar-refractivity contribution in [3.8, 4) is 39.1 Å². The van der Waals surface area contributed by atoms with Crippen LogP contribution in [0.5, 0.6) is 0 Å². The van der Waals surface area contributed by atoms with Crippen molar-refractivity contribution in [3.63, 3.8) is 0 Å². The molecule has 0 spiro atoms. The van der Waals surface area contributed by atoms with E-state index in [1.54, 1.807) is 0 Å². The SMILES string of the molecule is c1ccc(-c2ccc(-c3cccc(N(c4ccc5c(c4)oc4ccccc45)c4ccc5c(c4)c4ccccc4n5-c4ccccc4)c3-c3cc4ccccc4c4ccccc34)cc2)cc1. The molecule has 0 fully saturated rings. The fourth-order valence-electron chi connectivity index (χ4n) is 10.2. The third kappa shape index (κ3) is 6.05. The Labute approximate surface area is 376 Å². The van der Waals surface area contributed by atoms with Crippen molar-refractivity contribution in [1.29, 1.82) is 0 Å². The highest BCUT2D eigenvalue weighted by atomic mass is 16.3. The summed E-state index contributed by atoms with van der Waals surface area (Å²) in [6.07, 6.45) is 0. The fourth-order valence-corrected chi connectivity index (χ4v) is 10.2. The molecule has 0 amide bonds. The molecule has 0 unspecified atom stereocenters. The van der Waals surface area contributed by atoms with Crippen molar-refractivity contribution in [3.05, 3.63) is 243 Å². The number of hydrogen-bond acceptors (Lipinski definition) is 2. The van der Waals surface area contributed by atoms with E-state index >= 15 is 0 Å². The van der Waals surface area contributed by atoms with E-state index in [9.17, 15) is 0 Å². The van der Waals surface area contributed by atoms with Gasteiger partial charge in [0, 0.05) is 50.2 Å². The predicted octanol–water partition coefficient (Wildman–Crippen LogP) is 17.5. The minimum absolute atomic E-state index is 0.848. The number of para-hydroxylation sites is 3. The summed E-state index contributed by atoms with van der Waals surface area (Å²) in [4.78, 5) is 2.45. The van der Waals surface area contributed by atoms with Gasteiger partial charge in [0.1, 0.15) is 11.2 Å². The van der Waals surface area contributed by atoms with Crippen LogP contribution in [0.1, 0.15) is 0 Å². The monoisotopic (exact) mass is 828 g/mol. The standard InChI is InChI=1S/C62H40N2O/c1-3-16-41(17-4-1)42-30-32-43(33-31-42)49-26-15-28-59(62(49)56-38-44-18-7-8-21-48(44)50-22-9-10-23-51(50)56)63(47-34-36-54-53-25-12-14-29-60(53)65-61(54)40-47)46-35-37-58-55(39-46)52-24-11-13-27-57(52)64(58)45-19-5-2-6-20-45/h1-40H. The zero-order chi connectivity index (χ0) is 42.8. The molecule has 11 aromatic carbocycles. The first-order chi connectivity index (χ1) is 32.2. The van der Waals surface area contributed by atoms with Crippen LogP contribution in [-0.2, 0) is 0 Å². The summed E-state index contributed by atoms with van der Waals surface area (Å²) in [7, 11) is 0. The summed E-state index contributed by atoms with van der Waals surface area (Å²) in [6.45, 7) is 0. The molecule has 0 radical (unpaired) electrons. The van der Waals surface area contributed by atoms with Gasteiger partial charge >= 0.3 is 0 Å². The number of benzene rings is 11. The zero-order valence-corrected chi connectivity index (χ0v) is 35.4. The van der Waals surface area contributed by atoms with E-state index in [0.717, 1.165) is 66.9 Å². The first-order valence-corrected chi connectivity index (χ1v) is 22.2. The fraction of sp³-hybridized carbons (Fsp3) is 0. The molecular formula is C62H40N2O. The van der Waals surface area contributed by atoms with Gasteiger partial charge in [-0.1, -0.05) is 170 Å². The molecule has 3 heteroatoms. The molecular weight excluding hydrogens is 789 g/mol. The van der Waals surface area contributed by atoms with E-state index in [1.165, 1.54) is 54.5 Å². The van der Waals surface area contributed by atoms with Crippen LogP contribution in [0.25, 0.3) is 104 Å². The maximum atomic E-state index is 6.63. The van der Waals surface area contributed by atoms with Gasteiger partial charge in [-0.3, -0.25) is 0 Å². The summed E-state index contributed by atoms with van der Waals surface area (Å²) in [5.41, 5.74) is 15.3. The van der Waals surface area contributed by atoms with E-state index in [1.807, 2.05) is 6.07 Å². The number of furan rings is 1. The van der Waals surface area contributed by atoms with Gasteiger partial charge in [-0.05, 0) is 116 Å². The Bertz CT molecular complexity index is 3940. The van der Waals surface area contributed by atoms with Crippen LogP contribution in [0.3, 0.4) is 0 Å². The van der Waals surface area contributed by atoms with Gasteiger partial charge in [0.05, 0.1) is 16.7 Å². The third-order valence-corrected chi connectivity index (χ3v) is 13.2. The average molecular weight is 829 g/mol. The molecule has 0 aliphatic carbocycles. The summed E-state index contributed by atoms with van der Waals surface area (Å²) < 4.78 is 9.01. The quantitative estimate of drug-likeness (QED) is 0.149. The Kier molecular flexibility index (Phi) is 8.53. The number of fused-ring (bicyclic) bond motifs is 9. The predicted molar refractivity (Wildman–Crippen MR) is 274 cm³/mol. The van der Waals surface area contributed by atoms with Crippen molar-refractivity contribution in [2.75, 3.05) is 4.90 Å². The van der Waals surface area contributed by atoms with Crippen molar-refractivity contribution in [2.24, 2.45) is 0 Å². The lowest BCUT2D eigenvalue weighted by molar-refractivity contribution is 0.669. The molecule has 0 aliphatic rings. The number of rotatable bonds is 7. The lowest BCUT2D eigenvalue weighted by Gasteiger charge is -2.30. The van der Waals surface area contributed by atoms with Crippen molar-refractivity contribution < 1.29 is 4.42 Å². The largest absolute Gasteiger partial charge is 0.456 e. The van der Waals surface area contributed by atoms with Gasteiger partial charge in [0.15, 0.2) is 0 Å². The van der Waals surface area contributed by atoms with E-state index in [-0.39, 0.29) is 0 Å². The highest BCUT2D eigenvalue weighted by molar-refractivity contribution is 6.17. The topological polar surface area (TPSA) is 21.3 Å². The number of hydrogen-bond donors (Lipinski definition) is 0. The van der Waals surface area contributed by atoms with Gasteiger partial charge in [-0.25, -0.2) is 0 Å². The molecule has 65 heavy (non-hydrogen) atoms. The summed E-state index contributed by atoms with van der Waals surface area (Å²) >= 11 is 0. The Morgan fingerprint density at radius 3 is 1.75 bits per heavy atom. The Morgan fingerprint density at radius 2 is 0.923 bits per heavy atom. The van der Waals surface area contributed by atoms with Crippen LogP contribution in [0.2, 0.25) is 0 Å². The Balaban J connectivity index is 1.12. The maximum Gasteiger partial charge on any atom is 0.137 e. The normalized spacial score (nSPS) is 11.7. The molecule has 304 valence electrons. The molecule has 2 aromatic heterocycles. The van der Waals surface area contributed by atoms with Gasteiger partial charge in [0.2, 0.25) is 0 Å². The molecule has 13 rings (SSSR count). The number of anilines is 3. The minimum Gasteiger partial charge on any atom is -0.456 e. The zero-order valence-electron chi connectivity index (χ0n) is 35.4. The average Bonchev–Trinajstić information content (AvgIpc) is 3.92. The van der Waals surface area contributed by atoms with Crippen LogP contribution in [-0.4, -0.2) is 4.57 Å². The molecule has 2 heterocycles. The van der Waals surface area contributed by atoms with Crippen LogP contribution in [0.15, 0.2) is 247 Å². The Morgan fingerprint density at radius 1 is 0.323 bits per heavy atom. The van der Waals surface area contributed by atoms with E-state index in [4.69, 9.17) is 4.42 Å². The van der Waals surface area contributed by atoms with Crippen LogP contribution in [0.4, 0.5) is 17.1 Å². The van der Waals surface area contributed by atoms with Crippen molar-refractivity contribution in [1.82, 2.24) is 4.57 Å². The second-order valence-corrected chi connectivity index (χ2v) is 16.8.